The van der Waals surface area contributed by atoms with Gasteiger partial charge in [-0.15, -0.1) is 11.3 Å². The van der Waals surface area contributed by atoms with Crippen molar-refractivity contribution in [1.29, 1.82) is 0 Å². The minimum Gasteiger partial charge on any atom is -0.492 e. The van der Waals surface area contributed by atoms with E-state index in [1.54, 1.807) is 37.3 Å². The van der Waals surface area contributed by atoms with Crippen LogP contribution in [0.4, 0.5) is 10.5 Å². The van der Waals surface area contributed by atoms with Gasteiger partial charge in [0.05, 0.1) is 12.3 Å². The van der Waals surface area contributed by atoms with Crippen molar-refractivity contribution in [1.82, 2.24) is 5.32 Å². The van der Waals surface area contributed by atoms with E-state index in [1.807, 2.05) is 11.4 Å². The van der Waals surface area contributed by atoms with Crippen LogP contribution in [-0.4, -0.2) is 24.5 Å². The molecule has 3 rings (SSSR count). The molecule has 0 aliphatic carbocycles. The Morgan fingerprint density at radius 2 is 1.96 bits per heavy atom. The lowest BCUT2D eigenvalue weighted by Gasteiger charge is -2.27. The van der Waals surface area contributed by atoms with Crippen LogP contribution in [0.3, 0.4) is 0 Å². The van der Waals surface area contributed by atoms with Gasteiger partial charge in [0, 0.05) is 4.88 Å². The number of nitrogens with zero attached hydrogens (tertiary/aromatic N) is 1. The summed E-state index contributed by atoms with van der Waals surface area (Å²) in [5, 5.41) is 4.04. The summed E-state index contributed by atoms with van der Waals surface area (Å²) in [6.07, 6.45) is 1.48. The minimum absolute atomic E-state index is 0.0941. The van der Waals surface area contributed by atoms with Crippen LogP contribution < -0.4 is 15.0 Å². The first kappa shape index (κ1) is 15.9. The fourth-order valence-electron chi connectivity index (χ4n) is 2.31. The van der Waals surface area contributed by atoms with Gasteiger partial charge in [-0.1, -0.05) is 18.2 Å². The number of amides is 4. The highest BCUT2D eigenvalue weighted by atomic mass is 32.1. The molecule has 1 fully saturated rings. The third-order valence-electron chi connectivity index (χ3n) is 3.34. The number of carbonyl (C=O) groups is 3. The predicted octanol–water partition coefficient (Wildman–Crippen LogP) is 2.81. The number of benzene rings is 1. The molecule has 1 N–H and O–H groups in total. The number of anilines is 1. The van der Waals surface area contributed by atoms with Crippen molar-refractivity contribution in [3.05, 3.63) is 52.2 Å². The van der Waals surface area contributed by atoms with E-state index in [-0.39, 0.29) is 5.57 Å². The lowest BCUT2D eigenvalue weighted by Crippen LogP contribution is -2.54. The number of imide groups is 2. The molecule has 1 aliphatic rings. The molecule has 0 spiro atoms. The van der Waals surface area contributed by atoms with Crippen LogP contribution in [-0.2, 0) is 9.59 Å². The molecule has 0 atom stereocenters. The van der Waals surface area contributed by atoms with E-state index >= 15 is 0 Å². The molecule has 0 saturated carbocycles. The van der Waals surface area contributed by atoms with Crippen LogP contribution in [0.1, 0.15) is 11.8 Å². The average Bonchev–Trinajstić information content (AvgIpc) is 3.06. The summed E-state index contributed by atoms with van der Waals surface area (Å²) in [5.74, 6) is -0.985. The molecule has 24 heavy (non-hydrogen) atoms. The van der Waals surface area contributed by atoms with Crippen molar-refractivity contribution in [2.24, 2.45) is 0 Å². The lowest BCUT2D eigenvalue weighted by molar-refractivity contribution is -0.122. The summed E-state index contributed by atoms with van der Waals surface area (Å²) >= 11 is 1.39. The zero-order chi connectivity index (χ0) is 17.1. The van der Waals surface area contributed by atoms with Crippen molar-refractivity contribution >= 4 is 40.9 Å². The van der Waals surface area contributed by atoms with Crippen LogP contribution in [0, 0.1) is 0 Å². The molecule has 2 aromatic rings. The Kier molecular flexibility index (Phi) is 4.43. The molecule has 4 amide bonds. The Bertz CT molecular complexity index is 827. The molecule has 1 aromatic heterocycles. The molecule has 0 bridgehead atoms. The van der Waals surface area contributed by atoms with Crippen molar-refractivity contribution in [2.45, 2.75) is 6.92 Å². The van der Waals surface area contributed by atoms with Crippen LogP contribution >= 0.6 is 11.3 Å². The maximum atomic E-state index is 12.8. The van der Waals surface area contributed by atoms with Gasteiger partial charge in [0.15, 0.2) is 0 Å². The van der Waals surface area contributed by atoms with Crippen molar-refractivity contribution in [3.63, 3.8) is 0 Å². The number of hydrogen-bond acceptors (Lipinski definition) is 5. The zero-order valence-corrected chi connectivity index (χ0v) is 13.6. The molecule has 0 unspecified atom stereocenters. The second-order valence-corrected chi connectivity index (χ2v) is 5.85. The van der Waals surface area contributed by atoms with Gasteiger partial charge in [0.2, 0.25) is 0 Å². The third-order valence-corrected chi connectivity index (χ3v) is 4.16. The number of carbonyl (C=O) groups excluding carboxylic acids is 3. The maximum Gasteiger partial charge on any atom is 0.336 e. The molecular weight excluding hydrogens is 328 g/mol. The van der Waals surface area contributed by atoms with Crippen LogP contribution in [0.25, 0.3) is 6.08 Å². The molecule has 2 heterocycles. The third kappa shape index (κ3) is 2.93. The molecule has 1 aromatic carbocycles. The fourth-order valence-corrected chi connectivity index (χ4v) is 2.97. The van der Waals surface area contributed by atoms with Crippen molar-refractivity contribution in [2.75, 3.05) is 11.5 Å². The number of urea groups is 1. The molecule has 0 radical (unpaired) electrons. The minimum atomic E-state index is -0.791. The highest BCUT2D eigenvalue weighted by Gasteiger charge is 2.38. The van der Waals surface area contributed by atoms with Gasteiger partial charge in [-0.25, -0.2) is 9.69 Å². The SMILES string of the molecule is CCOc1ccccc1N1C(=O)NC(=O)C(=Cc2cccs2)C1=O. The first-order valence-electron chi connectivity index (χ1n) is 7.28. The highest BCUT2D eigenvalue weighted by Crippen LogP contribution is 2.31. The van der Waals surface area contributed by atoms with E-state index < -0.39 is 17.8 Å². The Labute approximate surface area is 142 Å². The first-order valence-corrected chi connectivity index (χ1v) is 8.16. The predicted molar refractivity (Wildman–Crippen MR) is 90.9 cm³/mol. The Morgan fingerprint density at radius 3 is 2.67 bits per heavy atom. The van der Waals surface area contributed by atoms with E-state index in [0.717, 1.165) is 9.78 Å². The largest absolute Gasteiger partial charge is 0.492 e. The summed E-state index contributed by atoms with van der Waals surface area (Å²) in [6, 6.07) is 9.51. The normalized spacial score (nSPS) is 16.5. The molecule has 7 heteroatoms. The number of rotatable bonds is 4. The number of hydrogen-bond donors (Lipinski definition) is 1. The summed E-state index contributed by atoms with van der Waals surface area (Å²) in [6.45, 7) is 2.19. The quantitative estimate of drug-likeness (QED) is 0.685. The average molecular weight is 342 g/mol. The Hall–Kier alpha value is -2.93. The van der Waals surface area contributed by atoms with E-state index in [1.165, 1.54) is 17.4 Å². The standard InChI is InChI=1S/C17H14N2O4S/c1-2-23-14-8-4-3-7-13(14)19-16(21)12(15(20)18-17(19)22)10-11-6-5-9-24-11/h3-10H,2H2,1H3,(H,18,20,22). The molecular formula is C17H14N2O4S. The van der Waals surface area contributed by atoms with Gasteiger partial charge in [-0.2, -0.15) is 0 Å². The second kappa shape index (κ2) is 6.67. The summed E-state index contributed by atoms with van der Waals surface area (Å²) in [4.78, 5) is 38.7. The molecule has 1 aliphatic heterocycles. The number of thiophene rings is 1. The van der Waals surface area contributed by atoms with Gasteiger partial charge in [0.25, 0.3) is 11.8 Å². The van der Waals surface area contributed by atoms with Gasteiger partial charge in [-0.3, -0.25) is 14.9 Å². The van der Waals surface area contributed by atoms with Gasteiger partial charge >= 0.3 is 6.03 Å². The first-order chi connectivity index (χ1) is 11.6. The Morgan fingerprint density at radius 1 is 1.17 bits per heavy atom. The number of nitrogens with one attached hydrogen (secondary N) is 1. The summed E-state index contributed by atoms with van der Waals surface area (Å²) in [5.41, 5.74) is 0.204. The van der Waals surface area contributed by atoms with Gasteiger partial charge in [0.1, 0.15) is 11.3 Å². The zero-order valence-electron chi connectivity index (χ0n) is 12.8. The summed E-state index contributed by atoms with van der Waals surface area (Å²) in [7, 11) is 0. The van der Waals surface area contributed by atoms with E-state index in [0.29, 0.717) is 18.0 Å². The van der Waals surface area contributed by atoms with E-state index in [9.17, 15) is 14.4 Å². The number of barbiturate groups is 1. The fraction of sp³-hybridized carbons (Fsp3) is 0.118. The van der Waals surface area contributed by atoms with E-state index in [2.05, 4.69) is 5.32 Å². The summed E-state index contributed by atoms with van der Waals surface area (Å²) < 4.78 is 5.48. The van der Waals surface area contributed by atoms with Crippen molar-refractivity contribution < 1.29 is 19.1 Å². The number of ether oxygens (including phenoxy) is 1. The van der Waals surface area contributed by atoms with E-state index in [4.69, 9.17) is 4.74 Å². The topological polar surface area (TPSA) is 75.7 Å². The Balaban J connectivity index is 2.03. The lowest BCUT2D eigenvalue weighted by atomic mass is 10.1. The second-order valence-electron chi connectivity index (χ2n) is 4.87. The van der Waals surface area contributed by atoms with Crippen LogP contribution in [0.5, 0.6) is 5.75 Å². The van der Waals surface area contributed by atoms with Crippen LogP contribution in [0.15, 0.2) is 47.4 Å². The molecule has 6 nitrogen and oxygen atoms in total. The number of para-hydroxylation sites is 2. The smallest absolute Gasteiger partial charge is 0.336 e. The highest BCUT2D eigenvalue weighted by molar-refractivity contribution is 7.10. The van der Waals surface area contributed by atoms with Gasteiger partial charge < -0.3 is 4.74 Å². The van der Waals surface area contributed by atoms with Gasteiger partial charge in [-0.05, 0) is 36.6 Å². The maximum absolute atomic E-state index is 12.8. The van der Waals surface area contributed by atoms with Crippen LogP contribution in [0.2, 0.25) is 0 Å². The molecule has 1 saturated heterocycles. The molecule has 122 valence electrons. The monoisotopic (exact) mass is 342 g/mol. The van der Waals surface area contributed by atoms with Crippen molar-refractivity contribution in [3.8, 4) is 5.75 Å².